The number of hydrogen-bond donors (Lipinski definition) is 1. The molecule has 1 heterocycles. The van der Waals surface area contributed by atoms with Gasteiger partial charge in [-0.1, -0.05) is 26.0 Å². The zero-order valence-electron chi connectivity index (χ0n) is 8.96. The van der Waals surface area contributed by atoms with E-state index in [1.807, 2.05) is 12.1 Å². The summed E-state index contributed by atoms with van der Waals surface area (Å²) in [7, 11) is 0. The van der Waals surface area contributed by atoms with Gasteiger partial charge in [0.2, 0.25) is 0 Å². The molecule has 1 aromatic rings. The lowest BCUT2D eigenvalue weighted by atomic mass is 9.93. The molecule has 2 rings (SSSR count). The van der Waals surface area contributed by atoms with Crippen LogP contribution in [0, 0.1) is 5.41 Å². The molecule has 2 N–H and O–H groups in total. The van der Waals surface area contributed by atoms with E-state index in [-0.39, 0.29) is 0 Å². The first-order valence-electron chi connectivity index (χ1n) is 5.18. The first kappa shape index (κ1) is 9.38. The average Bonchev–Trinajstić information content (AvgIpc) is 2.47. The van der Waals surface area contributed by atoms with Crippen molar-refractivity contribution >= 4 is 11.4 Å². The van der Waals surface area contributed by atoms with E-state index >= 15 is 0 Å². The highest BCUT2D eigenvalue weighted by molar-refractivity contribution is 5.67. The number of nitrogen functional groups attached to an aromatic ring is 1. The first-order valence-corrected chi connectivity index (χ1v) is 5.18. The molecule has 2 heteroatoms. The summed E-state index contributed by atoms with van der Waals surface area (Å²) >= 11 is 0. The molecule has 0 bridgehead atoms. The molecule has 0 saturated carbocycles. The predicted octanol–water partition coefficient (Wildman–Crippen LogP) is 2.51. The highest BCUT2D eigenvalue weighted by Crippen LogP contribution is 2.34. The SMILES string of the molecule is CC1(C)CCN(c2ccccc2N)C1. The number of nitrogens with two attached hydrogens (primary N) is 1. The number of para-hydroxylation sites is 2. The fraction of sp³-hybridized carbons (Fsp3) is 0.500. The molecule has 76 valence electrons. The van der Waals surface area contributed by atoms with Crippen molar-refractivity contribution in [2.45, 2.75) is 20.3 Å². The van der Waals surface area contributed by atoms with Gasteiger partial charge >= 0.3 is 0 Å². The standard InChI is InChI=1S/C12H18N2/c1-12(2)7-8-14(9-12)11-6-4-3-5-10(11)13/h3-6H,7-9,13H2,1-2H3. The van der Waals surface area contributed by atoms with Crippen LogP contribution in [0.15, 0.2) is 24.3 Å². The number of nitrogens with zero attached hydrogens (tertiary/aromatic N) is 1. The van der Waals surface area contributed by atoms with Gasteiger partial charge in [-0.3, -0.25) is 0 Å². The van der Waals surface area contributed by atoms with Gasteiger partial charge in [0.1, 0.15) is 0 Å². The number of rotatable bonds is 1. The molecule has 0 unspecified atom stereocenters. The largest absolute Gasteiger partial charge is 0.397 e. The van der Waals surface area contributed by atoms with Crippen LogP contribution >= 0.6 is 0 Å². The van der Waals surface area contributed by atoms with E-state index < -0.39 is 0 Å². The molecule has 1 saturated heterocycles. The summed E-state index contributed by atoms with van der Waals surface area (Å²) in [5, 5.41) is 0. The summed E-state index contributed by atoms with van der Waals surface area (Å²) in [5.41, 5.74) is 8.47. The van der Waals surface area contributed by atoms with Crippen LogP contribution in [0.2, 0.25) is 0 Å². The minimum Gasteiger partial charge on any atom is -0.397 e. The van der Waals surface area contributed by atoms with E-state index in [4.69, 9.17) is 5.73 Å². The molecule has 0 spiro atoms. The Kier molecular flexibility index (Phi) is 2.14. The maximum atomic E-state index is 5.95. The normalized spacial score (nSPS) is 20.0. The van der Waals surface area contributed by atoms with Crippen LogP contribution < -0.4 is 10.6 Å². The van der Waals surface area contributed by atoms with Crippen LogP contribution in [0.5, 0.6) is 0 Å². The summed E-state index contributed by atoms with van der Waals surface area (Å²) in [4.78, 5) is 2.38. The Labute approximate surface area is 85.7 Å². The van der Waals surface area contributed by atoms with E-state index in [0.717, 1.165) is 18.8 Å². The lowest BCUT2D eigenvalue weighted by molar-refractivity contribution is 0.418. The fourth-order valence-electron chi connectivity index (χ4n) is 2.09. The Balaban J connectivity index is 2.22. The van der Waals surface area contributed by atoms with Gasteiger partial charge in [0.05, 0.1) is 11.4 Å². The van der Waals surface area contributed by atoms with Crippen molar-refractivity contribution < 1.29 is 0 Å². The van der Waals surface area contributed by atoms with Gasteiger partial charge in [-0.2, -0.15) is 0 Å². The summed E-state index contributed by atoms with van der Waals surface area (Å²) in [6, 6.07) is 8.12. The van der Waals surface area contributed by atoms with Crippen molar-refractivity contribution in [1.29, 1.82) is 0 Å². The Hall–Kier alpha value is -1.18. The lowest BCUT2D eigenvalue weighted by Gasteiger charge is -2.22. The van der Waals surface area contributed by atoms with Crippen LogP contribution in [0.25, 0.3) is 0 Å². The van der Waals surface area contributed by atoms with Gasteiger partial charge in [-0.25, -0.2) is 0 Å². The monoisotopic (exact) mass is 190 g/mol. The number of hydrogen-bond acceptors (Lipinski definition) is 2. The molecule has 0 atom stereocenters. The quantitative estimate of drug-likeness (QED) is 0.689. The maximum Gasteiger partial charge on any atom is 0.0600 e. The van der Waals surface area contributed by atoms with Crippen LogP contribution in [0.1, 0.15) is 20.3 Å². The number of benzene rings is 1. The molecule has 1 aliphatic heterocycles. The van der Waals surface area contributed by atoms with Crippen molar-refractivity contribution in [3.63, 3.8) is 0 Å². The molecular formula is C12H18N2. The minimum atomic E-state index is 0.433. The third-order valence-corrected chi connectivity index (χ3v) is 2.95. The molecule has 0 radical (unpaired) electrons. The van der Waals surface area contributed by atoms with E-state index in [1.165, 1.54) is 12.1 Å². The van der Waals surface area contributed by atoms with Crippen LogP contribution in [-0.2, 0) is 0 Å². The summed E-state index contributed by atoms with van der Waals surface area (Å²) in [5.74, 6) is 0. The van der Waals surface area contributed by atoms with Gasteiger partial charge < -0.3 is 10.6 Å². The van der Waals surface area contributed by atoms with Gasteiger partial charge in [0.25, 0.3) is 0 Å². The Morgan fingerprint density at radius 1 is 1.29 bits per heavy atom. The molecule has 0 amide bonds. The lowest BCUT2D eigenvalue weighted by Crippen LogP contribution is -2.23. The second-order valence-corrected chi connectivity index (χ2v) is 4.89. The third-order valence-electron chi connectivity index (χ3n) is 2.95. The molecule has 1 aromatic carbocycles. The predicted molar refractivity (Wildman–Crippen MR) is 61.5 cm³/mol. The fourth-order valence-corrected chi connectivity index (χ4v) is 2.09. The van der Waals surface area contributed by atoms with E-state index in [9.17, 15) is 0 Å². The van der Waals surface area contributed by atoms with Gasteiger partial charge in [-0.05, 0) is 24.0 Å². The Morgan fingerprint density at radius 2 is 2.00 bits per heavy atom. The second kappa shape index (κ2) is 3.19. The zero-order valence-corrected chi connectivity index (χ0v) is 8.96. The Bertz CT molecular complexity index is 331. The average molecular weight is 190 g/mol. The number of anilines is 2. The summed E-state index contributed by atoms with van der Waals surface area (Å²) < 4.78 is 0. The van der Waals surface area contributed by atoms with Crippen molar-refractivity contribution in [3.05, 3.63) is 24.3 Å². The zero-order chi connectivity index (χ0) is 10.2. The van der Waals surface area contributed by atoms with Crippen LogP contribution in [0.3, 0.4) is 0 Å². The van der Waals surface area contributed by atoms with E-state index in [1.54, 1.807) is 0 Å². The van der Waals surface area contributed by atoms with Gasteiger partial charge in [-0.15, -0.1) is 0 Å². The van der Waals surface area contributed by atoms with Crippen molar-refractivity contribution in [2.24, 2.45) is 5.41 Å². The molecule has 1 aliphatic rings. The third kappa shape index (κ3) is 1.69. The molecule has 14 heavy (non-hydrogen) atoms. The summed E-state index contributed by atoms with van der Waals surface area (Å²) in [6.07, 6.45) is 1.25. The highest BCUT2D eigenvalue weighted by atomic mass is 15.2. The molecule has 0 aliphatic carbocycles. The van der Waals surface area contributed by atoms with Crippen LogP contribution in [-0.4, -0.2) is 13.1 Å². The van der Waals surface area contributed by atoms with Crippen molar-refractivity contribution in [3.8, 4) is 0 Å². The smallest absolute Gasteiger partial charge is 0.0600 e. The molecule has 1 fully saturated rings. The topological polar surface area (TPSA) is 29.3 Å². The van der Waals surface area contributed by atoms with Crippen LogP contribution in [0.4, 0.5) is 11.4 Å². The van der Waals surface area contributed by atoms with E-state index in [2.05, 4.69) is 30.9 Å². The minimum absolute atomic E-state index is 0.433. The van der Waals surface area contributed by atoms with Crippen molar-refractivity contribution in [2.75, 3.05) is 23.7 Å². The second-order valence-electron chi connectivity index (χ2n) is 4.89. The highest BCUT2D eigenvalue weighted by Gasteiger charge is 2.29. The molecule has 2 nitrogen and oxygen atoms in total. The first-order chi connectivity index (χ1) is 6.58. The molecule has 0 aromatic heterocycles. The summed E-state index contributed by atoms with van der Waals surface area (Å²) in [6.45, 7) is 6.86. The Morgan fingerprint density at radius 3 is 2.57 bits per heavy atom. The maximum absolute atomic E-state index is 5.95. The van der Waals surface area contributed by atoms with Crippen molar-refractivity contribution in [1.82, 2.24) is 0 Å². The van der Waals surface area contributed by atoms with Gasteiger partial charge in [0, 0.05) is 13.1 Å². The van der Waals surface area contributed by atoms with Gasteiger partial charge in [0.15, 0.2) is 0 Å². The van der Waals surface area contributed by atoms with E-state index in [0.29, 0.717) is 5.41 Å². The molecular weight excluding hydrogens is 172 g/mol.